The van der Waals surface area contributed by atoms with E-state index in [0.717, 1.165) is 31.2 Å². The molecular weight excluding hydrogens is 360 g/mol. The molecule has 0 aliphatic heterocycles. The van der Waals surface area contributed by atoms with Gasteiger partial charge in [-0.3, -0.25) is 4.79 Å². The van der Waals surface area contributed by atoms with Gasteiger partial charge in [-0.25, -0.2) is 4.98 Å². The van der Waals surface area contributed by atoms with Crippen LogP contribution < -0.4 is 5.32 Å². The maximum absolute atomic E-state index is 12.0. The molecule has 1 N–H and O–H groups in total. The number of nitrogens with one attached hydrogen (secondary N) is 1. The van der Waals surface area contributed by atoms with Gasteiger partial charge in [-0.2, -0.15) is 0 Å². The van der Waals surface area contributed by atoms with Gasteiger partial charge in [-0.15, -0.1) is 11.3 Å². The predicted molar refractivity (Wildman–Crippen MR) is 101 cm³/mol. The van der Waals surface area contributed by atoms with E-state index in [4.69, 9.17) is 11.6 Å². The van der Waals surface area contributed by atoms with Crippen molar-refractivity contribution in [3.05, 3.63) is 69.6 Å². The summed E-state index contributed by atoms with van der Waals surface area (Å²) in [7, 11) is 0. The molecule has 0 saturated carbocycles. The standard InChI is InChI=1S/C18H15ClN2OS2/c1-12-20-14(11-23-12)10-18(22)21-13-6-8-15(9-7-13)24-17-5-3-2-4-16(17)19/h2-9,11H,10H2,1H3,(H,21,22). The summed E-state index contributed by atoms with van der Waals surface area (Å²) in [4.78, 5) is 18.4. The number of carbonyl (C=O) groups is 1. The molecule has 3 nitrogen and oxygen atoms in total. The van der Waals surface area contributed by atoms with E-state index in [1.165, 1.54) is 0 Å². The number of aryl methyl sites for hydroxylation is 1. The van der Waals surface area contributed by atoms with Gasteiger partial charge in [0.2, 0.25) is 5.91 Å². The largest absolute Gasteiger partial charge is 0.326 e. The minimum atomic E-state index is -0.0631. The monoisotopic (exact) mass is 374 g/mol. The second-order valence-electron chi connectivity index (χ2n) is 5.14. The summed E-state index contributed by atoms with van der Waals surface area (Å²) in [6.45, 7) is 1.93. The van der Waals surface area contributed by atoms with Crippen molar-refractivity contribution >= 4 is 46.3 Å². The van der Waals surface area contributed by atoms with E-state index in [0.29, 0.717) is 6.42 Å². The Kier molecular flexibility index (Phi) is 5.56. The molecule has 3 rings (SSSR count). The maximum Gasteiger partial charge on any atom is 0.230 e. The van der Waals surface area contributed by atoms with Crippen molar-refractivity contribution < 1.29 is 4.79 Å². The van der Waals surface area contributed by atoms with E-state index in [-0.39, 0.29) is 5.91 Å². The van der Waals surface area contributed by atoms with Gasteiger partial charge in [0.25, 0.3) is 0 Å². The first kappa shape index (κ1) is 17.0. The number of thiazole rings is 1. The molecule has 0 fully saturated rings. The lowest BCUT2D eigenvalue weighted by atomic mass is 10.3. The Bertz CT molecular complexity index is 846. The number of anilines is 1. The lowest BCUT2D eigenvalue weighted by Gasteiger charge is -2.07. The fourth-order valence-corrected chi connectivity index (χ4v) is 3.82. The van der Waals surface area contributed by atoms with Gasteiger partial charge in [-0.05, 0) is 43.3 Å². The van der Waals surface area contributed by atoms with E-state index in [9.17, 15) is 4.79 Å². The van der Waals surface area contributed by atoms with E-state index in [2.05, 4.69) is 10.3 Å². The highest BCUT2D eigenvalue weighted by atomic mass is 35.5. The number of carbonyl (C=O) groups excluding carboxylic acids is 1. The molecule has 3 aromatic rings. The number of nitrogens with zero attached hydrogens (tertiary/aromatic N) is 1. The highest BCUT2D eigenvalue weighted by Crippen LogP contribution is 2.33. The summed E-state index contributed by atoms with van der Waals surface area (Å²) in [5.74, 6) is -0.0631. The molecule has 2 aromatic carbocycles. The molecule has 1 aromatic heterocycles. The number of hydrogen-bond acceptors (Lipinski definition) is 4. The van der Waals surface area contributed by atoms with Crippen molar-refractivity contribution in [2.75, 3.05) is 5.32 Å². The Balaban J connectivity index is 1.60. The van der Waals surface area contributed by atoms with Crippen LogP contribution in [0.1, 0.15) is 10.7 Å². The van der Waals surface area contributed by atoms with Crippen LogP contribution in [0.4, 0.5) is 5.69 Å². The van der Waals surface area contributed by atoms with Crippen LogP contribution in [0.25, 0.3) is 0 Å². The average Bonchev–Trinajstić information content (AvgIpc) is 2.96. The molecule has 0 radical (unpaired) electrons. The van der Waals surface area contributed by atoms with Crippen LogP contribution >= 0.6 is 34.7 Å². The zero-order chi connectivity index (χ0) is 16.9. The highest BCUT2D eigenvalue weighted by molar-refractivity contribution is 7.99. The third kappa shape index (κ3) is 4.60. The quantitative estimate of drug-likeness (QED) is 0.646. The van der Waals surface area contributed by atoms with Crippen LogP contribution in [-0.2, 0) is 11.2 Å². The Hall–Kier alpha value is -1.82. The second-order valence-corrected chi connectivity index (χ2v) is 7.72. The van der Waals surface area contributed by atoms with E-state index in [1.807, 2.05) is 60.8 Å². The summed E-state index contributed by atoms with van der Waals surface area (Å²) in [6.07, 6.45) is 0.292. The minimum absolute atomic E-state index is 0.0631. The van der Waals surface area contributed by atoms with Gasteiger partial charge < -0.3 is 5.32 Å². The lowest BCUT2D eigenvalue weighted by Crippen LogP contribution is -2.14. The SMILES string of the molecule is Cc1nc(CC(=O)Nc2ccc(Sc3ccccc3Cl)cc2)cs1. The molecule has 0 unspecified atom stereocenters. The van der Waals surface area contributed by atoms with Crippen LogP contribution in [0.15, 0.2) is 63.7 Å². The summed E-state index contributed by atoms with van der Waals surface area (Å²) in [6, 6.07) is 15.5. The first-order valence-corrected chi connectivity index (χ1v) is 9.41. The molecule has 0 saturated heterocycles. The highest BCUT2D eigenvalue weighted by Gasteiger charge is 2.07. The molecule has 1 amide bonds. The first-order valence-electron chi connectivity index (χ1n) is 7.33. The Morgan fingerprint density at radius 3 is 2.62 bits per heavy atom. The number of rotatable bonds is 5. The van der Waals surface area contributed by atoms with Crippen molar-refractivity contribution in [3.8, 4) is 0 Å². The van der Waals surface area contributed by atoms with Gasteiger partial charge in [0, 0.05) is 20.9 Å². The van der Waals surface area contributed by atoms with Crippen molar-refractivity contribution in [2.45, 2.75) is 23.1 Å². The van der Waals surface area contributed by atoms with Gasteiger partial charge in [0.05, 0.1) is 22.1 Å². The molecule has 0 atom stereocenters. The number of amides is 1. The molecule has 0 spiro atoms. The van der Waals surface area contributed by atoms with E-state index in [1.54, 1.807) is 23.1 Å². The zero-order valence-corrected chi connectivity index (χ0v) is 15.3. The van der Waals surface area contributed by atoms with Gasteiger partial charge in [0.1, 0.15) is 0 Å². The molecular formula is C18H15ClN2OS2. The van der Waals surface area contributed by atoms with E-state index < -0.39 is 0 Å². The Morgan fingerprint density at radius 1 is 1.21 bits per heavy atom. The molecule has 0 aliphatic carbocycles. The summed E-state index contributed by atoms with van der Waals surface area (Å²) >= 11 is 9.32. The van der Waals surface area contributed by atoms with Crippen molar-refractivity contribution in [3.63, 3.8) is 0 Å². The first-order chi connectivity index (χ1) is 11.6. The fraction of sp³-hybridized carbons (Fsp3) is 0.111. The number of hydrogen-bond donors (Lipinski definition) is 1. The zero-order valence-electron chi connectivity index (χ0n) is 13.0. The second kappa shape index (κ2) is 7.83. The fourth-order valence-electron chi connectivity index (χ4n) is 2.12. The number of benzene rings is 2. The lowest BCUT2D eigenvalue weighted by molar-refractivity contribution is -0.115. The summed E-state index contributed by atoms with van der Waals surface area (Å²) < 4.78 is 0. The molecule has 1 heterocycles. The van der Waals surface area contributed by atoms with Gasteiger partial charge in [-0.1, -0.05) is 35.5 Å². The van der Waals surface area contributed by atoms with Crippen molar-refractivity contribution in [1.82, 2.24) is 4.98 Å². The van der Waals surface area contributed by atoms with Crippen LogP contribution in [0.5, 0.6) is 0 Å². The summed E-state index contributed by atoms with van der Waals surface area (Å²) in [5.41, 5.74) is 1.58. The molecule has 0 aliphatic rings. The Labute approximate surface area is 154 Å². The molecule has 6 heteroatoms. The molecule has 24 heavy (non-hydrogen) atoms. The van der Waals surface area contributed by atoms with Crippen molar-refractivity contribution in [1.29, 1.82) is 0 Å². The molecule has 122 valence electrons. The topological polar surface area (TPSA) is 42.0 Å². The number of halogens is 1. The van der Waals surface area contributed by atoms with Crippen molar-refractivity contribution in [2.24, 2.45) is 0 Å². The maximum atomic E-state index is 12.0. The molecule has 0 bridgehead atoms. The van der Waals surface area contributed by atoms with Gasteiger partial charge >= 0.3 is 0 Å². The van der Waals surface area contributed by atoms with Crippen LogP contribution in [0.2, 0.25) is 5.02 Å². The minimum Gasteiger partial charge on any atom is -0.326 e. The predicted octanol–water partition coefficient (Wildman–Crippen LogP) is 5.44. The Morgan fingerprint density at radius 2 is 1.96 bits per heavy atom. The van der Waals surface area contributed by atoms with Gasteiger partial charge in [0.15, 0.2) is 0 Å². The van der Waals surface area contributed by atoms with Crippen LogP contribution in [0.3, 0.4) is 0 Å². The van der Waals surface area contributed by atoms with Crippen LogP contribution in [-0.4, -0.2) is 10.9 Å². The van der Waals surface area contributed by atoms with Crippen LogP contribution in [0, 0.1) is 6.92 Å². The smallest absolute Gasteiger partial charge is 0.230 e. The third-order valence-electron chi connectivity index (χ3n) is 3.21. The number of aromatic nitrogens is 1. The summed E-state index contributed by atoms with van der Waals surface area (Å²) in [5, 5.41) is 6.51. The average molecular weight is 375 g/mol. The normalized spacial score (nSPS) is 10.6. The third-order valence-corrected chi connectivity index (χ3v) is 5.56. The van der Waals surface area contributed by atoms with E-state index >= 15 is 0 Å².